The lowest BCUT2D eigenvalue weighted by Gasteiger charge is -2.12. The summed E-state index contributed by atoms with van der Waals surface area (Å²) in [6.45, 7) is 4.17. The van der Waals surface area contributed by atoms with Crippen molar-refractivity contribution in [1.29, 1.82) is 0 Å². The third-order valence-corrected chi connectivity index (χ3v) is 2.70. The highest BCUT2D eigenvalue weighted by atomic mass is 16.5. The van der Waals surface area contributed by atoms with E-state index in [1.165, 1.54) is 6.33 Å². The quantitative estimate of drug-likeness (QED) is 0.847. The van der Waals surface area contributed by atoms with Crippen LogP contribution in [0.4, 0.5) is 5.95 Å². The van der Waals surface area contributed by atoms with Gasteiger partial charge in [0.1, 0.15) is 6.33 Å². The number of nitrogens with zero attached hydrogens (tertiary/aromatic N) is 4. The van der Waals surface area contributed by atoms with Crippen LogP contribution in [-0.4, -0.2) is 26.6 Å². The lowest BCUT2D eigenvalue weighted by atomic mass is 10.2. The van der Waals surface area contributed by atoms with Crippen molar-refractivity contribution < 1.29 is 4.74 Å². The Morgan fingerprint density at radius 3 is 2.88 bits per heavy atom. The van der Waals surface area contributed by atoms with E-state index < -0.39 is 0 Å². The van der Waals surface area contributed by atoms with Crippen molar-refractivity contribution in [3.8, 4) is 5.88 Å². The number of hydrogen-bond donors (Lipinski definition) is 1. The SMILES string of the molecule is CCC(C)n1c(N)nc2c(OC)ncnc21. The van der Waals surface area contributed by atoms with E-state index in [0.29, 0.717) is 17.3 Å². The third kappa shape index (κ3) is 1.46. The maximum Gasteiger partial charge on any atom is 0.245 e. The number of aromatic nitrogens is 4. The maximum absolute atomic E-state index is 5.88. The molecule has 0 aliphatic heterocycles. The molecule has 6 heteroatoms. The third-order valence-electron chi connectivity index (χ3n) is 2.70. The van der Waals surface area contributed by atoms with Crippen molar-refractivity contribution in [2.24, 2.45) is 0 Å². The molecule has 0 aliphatic carbocycles. The van der Waals surface area contributed by atoms with Crippen molar-refractivity contribution in [3.05, 3.63) is 6.33 Å². The van der Waals surface area contributed by atoms with Gasteiger partial charge in [0.15, 0.2) is 11.2 Å². The Hall–Kier alpha value is -1.85. The smallest absolute Gasteiger partial charge is 0.245 e. The summed E-state index contributed by atoms with van der Waals surface area (Å²) in [6, 6.07) is 0.254. The second-order valence-corrected chi connectivity index (χ2v) is 3.65. The maximum atomic E-state index is 5.88. The first-order valence-corrected chi connectivity index (χ1v) is 5.21. The summed E-state index contributed by atoms with van der Waals surface area (Å²) in [4.78, 5) is 12.5. The number of rotatable bonds is 3. The van der Waals surface area contributed by atoms with Gasteiger partial charge in [-0.25, -0.2) is 9.97 Å². The van der Waals surface area contributed by atoms with E-state index in [1.807, 2.05) is 4.57 Å². The molecule has 0 saturated heterocycles. The average molecular weight is 221 g/mol. The van der Waals surface area contributed by atoms with E-state index in [2.05, 4.69) is 28.8 Å². The summed E-state index contributed by atoms with van der Waals surface area (Å²) >= 11 is 0. The van der Waals surface area contributed by atoms with Crippen molar-refractivity contribution in [1.82, 2.24) is 19.5 Å². The molecule has 0 fully saturated rings. The Morgan fingerprint density at radius 2 is 2.25 bits per heavy atom. The number of ether oxygens (including phenoxy) is 1. The van der Waals surface area contributed by atoms with Crippen LogP contribution in [0.1, 0.15) is 26.3 Å². The molecule has 6 nitrogen and oxygen atoms in total. The topological polar surface area (TPSA) is 78.9 Å². The van der Waals surface area contributed by atoms with Crippen LogP contribution < -0.4 is 10.5 Å². The molecule has 0 spiro atoms. The van der Waals surface area contributed by atoms with Crippen LogP contribution in [0.5, 0.6) is 5.88 Å². The van der Waals surface area contributed by atoms with Gasteiger partial charge in [-0.2, -0.15) is 4.98 Å². The van der Waals surface area contributed by atoms with Crippen LogP contribution in [0.3, 0.4) is 0 Å². The van der Waals surface area contributed by atoms with Gasteiger partial charge in [-0.15, -0.1) is 0 Å². The van der Waals surface area contributed by atoms with Gasteiger partial charge in [-0.05, 0) is 13.3 Å². The van der Waals surface area contributed by atoms with Gasteiger partial charge in [0.25, 0.3) is 0 Å². The Labute approximate surface area is 93.5 Å². The summed E-state index contributed by atoms with van der Waals surface area (Å²) in [5.74, 6) is 0.905. The predicted octanol–water partition coefficient (Wildman–Crippen LogP) is 1.39. The zero-order valence-corrected chi connectivity index (χ0v) is 9.64. The van der Waals surface area contributed by atoms with E-state index >= 15 is 0 Å². The standard InChI is InChI=1S/C10H15N5O/c1-4-6(2)15-8-7(14-10(15)11)9(16-3)13-5-12-8/h5-6H,4H2,1-3H3,(H2,11,14). The Morgan fingerprint density at radius 1 is 1.50 bits per heavy atom. The molecule has 1 atom stereocenters. The van der Waals surface area contributed by atoms with E-state index in [9.17, 15) is 0 Å². The molecule has 0 aliphatic rings. The molecule has 0 saturated carbocycles. The first kappa shape index (κ1) is 10.7. The number of nitrogen functional groups attached to an aromatic ring is 1. The average Bonchev–Trinajstić information content (AvgIpc) is 2.63. The first-order valence-electron chi connectivity index (χ1n) is 5.21. The molecule has 2 aromatic rings. The number of fused-ring (bicyclic) bond motifs is 1. The fourth-order valence-electron chi connectivity index (χ4n) is 1.67. The van der Waals surface area contributed by atoms with Crippen LogP contribution >= 0.6 is 0 Å². The molecular weight excluding hydrogens is 206 g/mol. The molecule has 2 heterocycles. The number of anilines is 1. The Balaban J connectivity index is 2.71. The van der Waals surface area contributed by atoms with Crippen molar-refractivity contribution in [3.63, 3.8) is 0 Å². The normalized spacial score (nSPS) is 12.9. The van der Waals surface area contributed by atoms with Gasteiger partial charge in [0.05, 0.1) is 7.11 Å². The predicted molar refractivity (Wildman–Crippen MR) is 61.3 cm³/mol. The minimum Gasteiger partial charge on any atom is -0.479 e. The second-order valence-electron chi connectivity index (χ2n) is 3.65. The van der Waals surface area contributed by atoms with Crippen LogP contribution in [0.2, 0.25) is 0 Å². The van der Waals surface area contributed by atoms with Crippen LogP contribution in [0.25, 0.3) is 11.2 Å². The fraction of sp³-hybridized carbons (Fsp3) is 0.500. The summed E-state index contributed by atoms with van der Waals surface area (Å²) in [5, 5.41) is 0. The minimum absolute atomic E-state index is 0.254. The van der Waals surface area contributed by atoms with Gasteiger partial charge < -0.3 is 10.5 Å². The number of nitrogens with two attached hydrogens (primary N) is 1. The lowest BCUT2D eigenvalue weighted by molar-refractivity contribution is 0.401. The number of imidazole rings is 1. The molecule has 0 amide bonds. The summed E-state index contributed by atoms with van der Waals surface area (Å²) in [5.41, 5.74) is 7.22. The molecular formula is C10H15N5O. The molecule has 1 unspecified atom stereocenters. The van der Waals surface area contributed by atoms with Gasteiger partial charge in [-0.1, -0.05) is 6.92 Å². The van der Waals surface area contributed by atoms with Crippen LogP contribution in [0.15, 0.2) is 6.33 Å². The van der Waals surface area contributed by atoms with E-state index in [-0.39, 0.29) is 6.04 Å². The lowest BCUT2D eigenvalue weighted by Crippen LogP contribution is -2.08. The van der Waals surface area contributed by atoms with Crippen LogP contribution in [0, 0.1) is 0 Å². The number of methoxy groups -OCH3 is 1. The zero-order valence-electron chi connectivity index (χ0n) is 9.64. The second kappa shape index (κ2) is 3.96. The van der Waals surface area contributed by atoms with Crippen molar-refractivity contribution >= 4 is 17.1 Å². The molecule has 2 rings (SSSR count). The summed E-state index contributed by atoms with van der Waals surface area (Å²) < 4.78 is 7.03. The minimum atomic E-state index is 0.254. The highest BCUT2D eigenvalue weighted by molar-refractivity contribution is 5.79. The van der Waals surface area contributed by atoms with Crippen LogP contribution in [-0.2, 0) is 0 Å². The zero-order chi connectivity index (χ0) is 11.7. The Kier molecular flexibility index (Phi) is 2.64. The van der Waals surface area contributed by atoms with Gasteiger partial charge in [-0.3, -0.25) is 4.57 Å². The number of hydrogen-bond acceptors (Lipinski definition) is 5. The van der Waals surface area contributed by atoms with E-state index in [0.717, 1.165) is 12.1 Å². The molecule has 86 valence electrons. The van der Waals surface area contributed by atoms with E-state index in [4.69, 9.17) is 10.5 Å². The summed E-state index contributed by atoms with van der Waals surface area (Å²) in [6.07, 6.45) is 2.42. The van der Waals surface area contributed by atoms with Crippen molar-refractivity contribution in [2.45, 2.75) is 26.3 Å². The molecule has 2 aromatic heterocycles. The van der Waals surface area contributed by atoms with E-state index in [1.54, 1.807) is 7.11 Å². The molecule has 2 N–H and O–H groups in total. The first-order chi connectivity index (χ1) is 7.69. The molecule has 0 aromatic carbocycles. The highest BCUT2D eigenvalue weighted by Crippen LogP contribution is 2.26. The summed E-state index contributed by atoms with van der Waals surface area (Å²) in [7, 11) is 1.56. The monoisotopic (exact) mass is 221 g/mol. The van der Waals surface area contributed by atoms with Gasteiger partial charge in [0.2, 0.25) is 11.8 Å². The van der Waals surface area contributed by atoms with Crippen molar-refractivity contribution in [2.75, 3.05) is 12.8 Å². The largest absolute Gasteiger partial charge is 0.479 e. The molecule has 0 radical (unpaired) electrons. The van der Waals surface area contributed by atoms with Gasteiger partial charge >= 0.3 is 0 Å². The molecule has 16 heavy (non-hydrogen) atoms. The highest BCUT2D eigenvalue weighted by Gasteiger charge is 2.17. The molecule has 0 bridgehead atoms. The van der Waals surface area contributed by atoms with Gasteiger partial charge in [0, 0.05) is 6.04 Å². The Bertz CT molecular complexity index is 507. The fourth-order valence-corrected chi connectivity index (χ4v) is 1.67.